The Labute approximate surface area is 193 Å². The average molecular weight is 426 g/mol. The maximum absolute atomic E-state index is 5.81. The van der Waals surface area contributed by atoms with Crippen LogP contribution < -0.4 is 9.64 Å². The lowest BCUT2D eigenvalue weighted by Crippen LogP contribution is -2.11. The third kappa shape index (κ3) is 6.37. The number of hydrogen-bond acceptors (Lipinski definition) is 2. The van der Waals surface area contributed by atoms with Crippen LogP contribution in [0.4, 0.5) is 11.4 Å². The van der Waals surface area contributed by atoms with Gasteiger partial charge in [0.25, 0.3) is 0 Å². The maximum atomic E-state index is 5.81. The molecule has 0 atom stereocenters. The van der Waals surface area contributed by atoms with E-state index in [9.17, 15) is 0 Å². The van der Waals surface area contributed by atoms with Gasteiger partial charge in [-0.25, -0.2) is 0 Å². The molecule has 166 valence electrons. The lowest BCUT2D eigenvalue weighted by atomic mass is 10.1. The van der Waals surface area contributed by atoms with Crippen molar-refractivity contribution < 1.29 is 4.74 Å². The summed E-state index contributed by atoms with van der Waals surface area (Å²) in [5, 5.41) is 0. The first-order valence-electron chi connectivity index (χ1n) is 11.4. The highest BCUT2D eigenvalue weighted by Crippen LogP contribution is 2.32. The van der Waals surface area contributed by atoms with Gasteiger partial charge < -0.3 is 9.64 Å². The lowest BCUT2D eigenvalue weighted by Gasteiger charge is -2.24. The number of anilines is 2. The molecule has 3 aromatic rings. The third-order valence-corrected chi connectivity index (χ3v) is 5.21. The van der Waals surface area contributed by atoms with Gasteiger partial charge in [-0.15, -0.1) is 0 Å². The molecular weight excluding hydrogens is 390 g/mol. The van der Waals surface area contributed by atoms with Crippen LogP contribution in [0.2, 0.25) is 0 Å². The summed E-state index contributed by atoms with van der Waals surface area (Å²) in [5.41, 5.74) is 8.55. The van der Waals surface area contributed by atoms with Crippen LogP contribution in [0.25, 0.3) is 12.2 Å². The van der Waals surface area contributed by atoms with Crippen LogP contribution in [0.3, 0.4) is 0 Å². The summed E-state index contributed by atoms with van der Waals surface area (Å²) in [6.07, 6.45) is 7.78. The zero-order valence-corrected chi connectivity index (χ0v) is 20.2. The summed E-state index contributed by atoms with van der Waals surface area (Å²) < 4.78 is 5.81. The molecule has 0 fully saturated rings. The van der Waals surface area contributed by atoms with Crippen molar-refractivity contribution in [1.82, 2.24) is 0 Å². The fourth-order valence-electron chi connectivity index (χ4n) is 3.61. The molecule has 0 radical (unpaired) electrons. The van der Waals surface area contributed by atoms with Gasteiger partial charge in [-0.3, -0.25) is 0 Å². The van der Waals surface area contributed by atoms with E-state index < -0.39 is 0 Å². The Morgan fingerprint density at radius 2 is 1.50 bits per heavy atom. The van der Waals surface area contributed by atoms with Gasteiger partial charge in [0.2, 0.25) is 0 Å². The first-order chi connectivity index (χ1) is 15.4. The molecule has 0 unspecified atom stereocenters. The Kier molecular flexibility index (Phi) is 7.94. The van der Waals surface area contributed by atoms with Crippen LogP contribution >= 0.6 is 0 Å². The van der Waals surface area contributed by atoms with Crippen molar-refractivity contribution in [2.24, 2.45) is 0 Å². The number of benzene rings is 3. The first-order valence-corrected chi connectivity index (χ1v) is 11.4. The average Bonchev–Trinajstić information content (AvgIpc) is 2.77. The highest BCUT2D eigenvalue weighted by molar-refractivity contribution is 5.74. The summed E-state index contributed by atoms with van der Waals surface area (Å²) in [5.74, 6) is 0.894. The van der Waals surface area contributed by atoms with Crippen molar-refractivity contribution >= 4 is 23.5 Å². The quantitative estimate of drug-likeness (QED) is 0.335. The van der Waals surface area contributed by atoms with E-state index in [0.29, 0.717) is 0 Å². The molecule has 0 N–H and O–H groups in total. The van der Waals surface area contributed by atoms with E-state index in [4.69, 9.17) is 4.74 Å². The molecule has 0 amide bonds. The molecule has 2 heteroatoms. The van der Waals surface area contributed by atoms with Crippen LogP contribution in [0.5, 0.6) is 5.75 Å². The Balaban J connectivity index is 1.86. The molecule has 0 saturated heterocycles. The summed E-state index contributed by atoms with van der Waals surface area (Å²) in [6.45, 7) is 12.7. The smallest absolute Gasteiger partial charge is 0.119 e. The van der Waals surface area contributed by atoms with Gasteiger partial charge in [-0.1, -0.05) is 55.0 Å². The molecule has 0 aromatic heterocycles. The predicted molar refractivity (Wildman–Crippen MR) is 140 cm³/mol. The first kappa shape index (κ1) is 23.4. The molecule has 3 rings (SSSR count). The van der Waals surface area contributed by atoms with Gasteiger partial charge in [0.1, 0.15) is 5.75 Å². The van der Waals surface area contributed by atoms with E-state index in [-0.39, 0.29) is 6.10 Å². The predicted octanol–water partition coefficient (Wildman–Crippen LogP) is 8.58. The number of hydrogen-bond donors (Lipinski definition) is 0. The molecule has 0 aliphatic heterocycles. The molecule has 32 heavy (non-hydrogen) atoms. The van der Waals surface area contributed by atoms with Crippen LogP contribution in [0.1, 0.15) is 56.9 Å². The summed E-state index contributed by atoms with van der Waals surface area (Å²) in [7, 11) is 0. The molecule has 0 spiro atoms. The van der Waals surface area contributed by atoms with Crippen molar-refractivity contribution in [3.63, 3.8) is 0 Å². The summed E-state index contributed by atoms with van der Waals surface area (Å²) in [4.78, 5) is 2.25. The number of nitrogens with zero attached hydrogens (tertiary/aromatic N) is 1. The molecule has 0 aliphatic carbocycles. The van der Waals surface area contributed by atoms with Gasteiger partial charge in [0.05, 0.1) is 6.10 Å². The van der Waals surface area contributed by atoms with Gasteiger partial charge in [0, 0.05) is 17.6 Å². The van der Waals surface area contributed by atoms with E-state index in [1.54, 1.807) is 0 Å². The van der Waals surface area contributed by atoms with E-state index in [1.807, 2.05) is 26.0 Å². The number of aryl methyl sites for hydroxylation is 2. The van der Waals surface area contributed by atoms with Crippen molar-refractivity contribution in [3.05, 3.63) is 101 Å². The van der Waals surface area contributed by atoms with Crippen LogP contribution in [0.15, 0.2) is 78.5 Å². The van der Waals surface area contributed by atoms with E-state index in [1.165, 1.54) is 33.5 Å². The summed E-state index contributed by atoms with van der Waals surface area (Å²) in [6, 6.07) is 23.7. The Morgan fingerprint density at radius 3 is 2.06 bits per heavy atom. The minimum Gasteiger partial charge on any atom is -0.491 e. The highest BCUT2D eigenvalue weighted by atomic mass is 16.5. The topological polar surface area (TPSA) is 12.5 Å². The van der Waals surface area contributed by atoms with Gasteiger partial charge >= 0.3 is 0 Å². The Hall–Kier alpha value is -3.26. The number of allylic oxidation sites excluding steroid dienone is 1. The lowest BCUT2D eigenvalue weighted by molar-refractivity contribution is 0.242. The fourth-order valence-corrected chi connectivity index (χ4v) is 3.61. The number of rotatable bonds is 8. The Bertz CT molecular complexity index is 1070. The van der Waals surface area contributed by atoms with Crippen LogP contribution in [-0.4, -0.2) is 6.10 Å². The third-order valence-electron chi connectivity index (χ3n) is 5.21. The van der Waals surface area contributed by atoms with Crippen molar-refractivity contribution in [2.75, 3.05) is 4.90 Å². The minimum absolute atomic E-state index is 0.169. The molecule has 0 aliphatic rings. The second-order valence-electron chi connectivity index (χ2n) is 8.71. The van der Waals surface area contributed by atoms with Crippen molar-refractivity contribution in [1.29, 1.82) is 0 Å². The molecule has 0 heterocycles. The second-order valence-corrected chi connectivity index (χ2v) is 8.71. The molecular formula is C30H35NO. The SMILES string of the molecule is CCc1ccc(/C=C\c2ccc(N(C=C(C)C)c3ccc(OC(C)C)cc3)c(C)c2)cc1. The van der Waals surface area contributed by atoms with E-state index >= 15 is 0 Å². The van der Waals surface area contributed by atoms with Crippen LogP contribution in [0, 0.1) is 6.92 Å². The zero-order chi connectivity index (χ0) is 23.1. The standard InChI is InChI=1S/C30H35NO/c1-7-25-8-10-26(11-9-25)12-13-27-14-19-30(24(6)20-27)31(21-22(2)3)28-15-17-29(18-16-28)32-23(4)5/h8-21,23H,7H2,1-6H3/b13-12-. The van der Waals surface area contributed by atoms with E-state index in [0.717, 1.165) is 17.9 Å². The number of ether oxygens (including phenoxy) is 1. The minimum atomic E-state index is 0.169. The van der Waals surface area contributed by atoms with Crippen LogP contribution in [-0.2, 0) is 6.42 Å². The zero-order valence-electron chi connectivity index (χ0n) is 20.2. The van der Waals surface area contributed by atoms with Gasteiger partial charge in [-0.2, -0.15) is 0 Å². The second kappa shape index (κ2) is 10.9. The largest absolute Gasteiger partial charge is 0.491 e. The molecule has 0 bridgehead atoms. The highest BCUT2D eigenvalue weighted by Gasteiger charge is 2.11. The fraction of sp³-hybridized carbons (Fsp3) is 0.267. The van der Waals surface area contributed by atoms with Crippen molar-refractivity contribution in [3.8, 4) is 5.75 Å². The van der Waals surface area contributed by atoms with Gasteiger partial charge in [0.15, 0.2) is 0 Å². The van der Waals surface area contributed by atoms with E-state index in [2.05, 4.69) is 106 Å². The molecule has 3 aromatic carbocycles. The molecule has 0 saturated carbocycles. The normalized spacial score (nSPS) is 11.1. The summed E-state index contributed by atoms with van der Waals surface area (Å²) >= 11 is 0. The molecule has 2 nitrogen and oxygen atoms in total. The Morgan fingerprint density at radius 1 is 0.875 bits per heavy atom. The monoisotopic (exact) mass is 425 g/mol. The van der Waals surface area contributed by atoms with Crippen molar-refractivity contribution in [2.45, 2.75) is 54.1 Å². The van der Waals surface area contributed by atoms with Gasteiger partial charge in [-0.05, 0) is 99.7 Å². The maximum Gasteiger partial charge on any atom is 0.119 e.